The zero-order valence-corrected chi connectivity index (χ0v) is 17.1. The number of carbonyl (C=O) groups is 2. The van der Waals surface area contributed by atoms with Gasteiger partial charge in [-0.1, -0.05) is 37.3 Å². The van der Waals surface area contributed by atoms with Gasteiger partial charge in [-0.3, -0.25) is 14.5 Å². The van der Waals surface area contributed by atoms with Crippen LogP contribution in [-0.2, 0) is 4.79 Å². The van der Waals surface area contributed by atoms with E-state index in [0.717, 1.165) is 17.0 Å². The molecule has 1 amide bonds. The molecule has 0 saturated heterocycles. The van der Waals surface area contributed by atoms with Gasteiger partial charge in [0.1, 0.15) is 0 Å². The molecule has 0 spiro atoms. The second kappa shape index (κ2) is 9.51. The molecule has 0 fully saturated rings. The van der Waals surface area contributed by atoms with Crippen LogP contribution in [0, 0.1) is 13.8 Å². The molecule has 5 nitrogen and oxygen atoms in total. The van der Waals surface area contributed by atoms with E-state index < -0.39 is 0 Å². The quantitative estimate of drug-likeness (QED) is 0.690. The molecule has 0 bridgehead atoms. The van der Waals surface area contributed by atoms with Gasteiger partial charge >= 0.3 is 0 Å². The number of rotatable bonds is 9. The highest BCUT2D eigenvalue weighted by Gasteiger charge is 2.21. The van der Waals surface area contributed by atoms with Crippen molar-refractivity contribution in [3.05, 3.63) is 58.9 Å². The van der Waals surface area contributed by atoms with Crippen LogP contribution in [0.5, 0.6) is 0 Å². The minimum absolute atomic E-state index is 0.0460. The van der Waals surface area contributed by atoms with Gasteiger partial charge in [0, 0.05) is 23.5 Å². The molecule has 0 aliphatic rings. The maximum Gasteiger partial charge on any atom is 0.234 e. The van der Waals surface area contributed by atoms with Gasteiger partial charge in [-0.15, -0.1) is 0 Å². The molecule has 1 heterocycles. The summed E-state index contributed by atoms with van der Waals surface area (Å²) < 4.78 is 2.21. The van der Waals surface area contributed by atoms with Crippen LogP contribution in [0.2, 0.25) is 0 Å². The molecule has 0 unspecified atom stereocenters. The summed E-state index contributed by atoms with van der Waals surface area (Å²) in [6.45, 7) is 11.8. The lowest BCUT2D eigenvalue weighted by atomic mass is 10.1. The molecule has 1 atom stereocenters. The molecule has 1 aromatic carbocycles. The largest absolute Gasteiger partial charge is 0.355 e. The summed E-state index contributed by atoms with van der Waals surface area (Å²) in [7, 11) is 0. The highest BCUT2D eigenvalue weighted by atomic mass is 16.2. The van der Waals surface area contributed by atoms with Crippen LogP contribution >= 0.6 is 0 Å². The summed E-state index contributed by atoms with van der Waals surface area (Å²) >= 11 is 0. The predicted molar refractivity (Wildman–Crippen MR) is 109 cm³/mol. The van der Waals surface area contributed by atoms with Crippen molar-refractivity contribution in [1.29, 1.82) is 0 Å². The van der Waals surface area contributed by atoms with Crippen molar-refractivity contribution in [2.24, 2.45) is 0 Å². The average Bonchev–Trinajstić information content (AvgIpc) is 2.95. The number of ketones is 1. The van der Waals surface area contributed by atoms with Crippen LogP contribution in [0.3, 0.4) is 0 Å². The second-order valence-electron chi connectivity index (χ2n) is 6.92. The maximum atomic E-state index is 12.9. The Morgan fingerprint density at radius 3 is 2.37 bits per heavy atom. The van der Waals surface area contributed by atoms with Gasteiger partial charge in [-0.25, -0.2) is 0 Å². The number of nitrogens with one attached hydrogen (secondary N) is 1. The lowest BCUT2D eigenvalue weighted by Crippen LogP contribution is -2.39. The number of Topliss-reactive ketones (excluding diaryl/α,β-unsaturated/α-hetero) is 1. The van der Waals surface area contributed by atoms with Gasteiger partial charge < -0.3 is 9.88 Å². The SMILES string of the molecule is CCNC(=O)CN(CC)CC(=O)c1cc(C)n([C@@H](C)c2ccccc2)c1C. The van der Waals surface area contributed by atoms with Crippen molar-refractivity contribution in [3.8, 4) is 0 Å². The van der Waals surface area contributed by atoms with E-state index in [0.29, 0.717) is 13.1 Å². The Balaban J connectivity index is 2.19. The van der Waals surface area contributed by atoms with Crippen LogP contribution < -0.4 is 5.32 Å². The topological polar surface area (TPSA) is 54.3 Å². The number of hydrogen-bond donors (Lipinski definition) is 1. The van der Waals surface area contributed by atoms with Gasteiger partial charge in [0.15, 0.2) is 5.78 Å². The van der Waals surface area contributed by atoms with Crippen LogP contribution in [0.25, 0.3) is 0 Å². The Kier molecular flexibility index (Phi) is 7.36. The van der Waals surface area contributed by atoms with Crippen molar-refractivity contribution in [2.75, 3.05) is 26.2 Å². The molecular formula is C22H31N3O2. The van der Waals surface area contributed by atoms with E-state index in [9.17, 15) is 9.59 Å². The zero-order chi connectivity index (χ0) is 20.0. The summed E-state index contributed by atoms with van der Waals surface area (Å²) in [4.78, 5) is 26.6. The lowest BCUT2D eigenvalue weighted by Gasteiger charge is -2.20. The molecule has 0 radical (unpaired) electrons. The van der Waals surface area contributed by atoms with Crippen molar-refractivity contribution in [1.82, 2.24) is 14.8 Å². The number of carbonyl (C=O) groups excluding carboxylic acids is 2. The molecule has 0 saturated carbocycles. The smallest absolute Gasteiger partial charge is 0.234 e. The fraction of sp³-hybridized carbons (Fsp3) is 0.455. The molecular weight excluding hydrogens is 338 g/mol. The third-order valence-corrected chi connectivity index (χ3v) is 5.01. The van der Waals surface area contributed by atoms with E-state index in [2.05, 4.69) is 28.9 Å². The van der Waals surface area contributed by atoms with E-state index in [1.54, 1.807) is 0 Å². The number of aryl methyl sites for hydroxylation is 1. The van der Waals surface area contributed by atoms with Crippen LogP contribution in [-0.4, -0.2) is 47.3 Å². The lowest BCUT2D eigenvalue weighted by molar-refractivity contribution is -0.121. The van der Waals surface area contributed by atoms with E-state index in [4.69, 9.17) is 0 Å². The number of amides is 1. The molecule has 2 aromatic rings. The highest BCUT2D eigenvalue weighted by molar-refractivity contribution is 5.99. The summed E-state index contributed by atoms with van der Waals surface area (Å²) in [5, 5.41) is 2.79. The van der Waals surface area contributed by atoms with Gasteiger partial charge in [-0.05, 0) is 45.9 Å². The van der Waals surface area contributed by atoms with Crippen molar-refractivity contribution < 1.29 is 9.59 Å². The van der Waals surface area contributed by atoms with Gasteiger partial charge in [0.25, 0.3) is 0 Å². The number of benzene rings is 1. The predicted octanol–water partition coefficient (Wildman–Crippen LogP) is 3.35. The zero-order valence-electron chi connectivity index (χ0n) is 17.1. The Hall–Kier alpha value is -2.40. The average molecular weight is 370 g/mol. The van der Waals surface area contributed by atoms with E-state index >= 15 is 0 Å². The van der Waals surface area contributed by atoms with Crippen molar-refractivity contribution in [2.45, 2.75) is 40.7 Å². The van der Waals surface area contributed by atoms with E-state index in [1.807, 2.05) is 56.9 Å². The second-order valence-corrected chi connectivity index (χ2v) is 6.92. The number of aromatic nitrogens is 1. The fourth-order valence-electron chi connectivity index (χ4n) is 3.56. The summed E-state index contributed by atoms with van der Waals surface area (Å²) in [5.74, 6) is 0.0103. The molecule has 146 valence electrons. The minimum atomic E-state index is -0.0460. The van der Waals surface area contributed by atoms with Gasteiger partial charge in [-0.2, -0.15) is 0 Å². The first kappa shape index (κ1) is 20.9. The summed E-state index contributed by atoms with van der Waals surface area (Å²) in [5.41, 5.74) is 4.00. The minimum Gasteiger partial charge on any atom is -0.355 e. The fourth-order valence-corrected chi connectivity index (χ4v) is 3.56. The van der Waals surface area contributed by atoms with Crippen LogP contribution in [0.4, 0.5) is 0 Å². The first-order chi connectivity index (χ1) is 12.9. The molecule has 27 heavy (non-hydrogen) atoms. The maximum absolute atomic E-state index is 12.9. The van der Waals surface area contributed by atoms with Gasteiger partial charge in [0.2, 0.25) is 5.91 Å². The Bertz CT molecular complexity index is 780. The normalized spacial score (nSPS) is 12.2. The Morgan fingerprint density at radius 2 is 1.78 bits per heavy atom. The van der Waals surface area contributed by atoms with Gasteiger partial charge in [0.05, 0.1) is 19.1 Å². The molecule has 0 aliphatic heterocycles. The highest BCUT2D eigenvalue weighted by Crippen LogP contribution is 2.25. The van der Waals surface area contributed by atoms with Crippen LogP contribution in [0.15, 0.2) is 36.4 Å². The summed E-state index contributed by atoms with van der Waals surface area (Å²) in [6, 6.07) is 12.4. The number of nitrogens with zero attached hydrogens (tertiary/aromatic N) is 2. The standard InChI is InChI=1S/C22H31N3O2/c1-6-23-22(27)15-24(7-2)14-21(26)20-13-16(3)25(18(20)5)17(4)19-11-9-8-10-12-19/h8-13,17H,6-7,14-15H2,1-5H3,(H,23,27)/t17-/m0/s1. The van der Waals surface area contributed by atoms with Crippen molar-refractivity contribution in [3.63, 3.8) is 0 Å². The first-order valence-electron chi connectivity index (χ1n) is 9.64. The third-order valence-electron chi connectivity index (χ3n) is 5.01. The molecule has 1 N–H and O–H groups in total. The number of hydrogen-bond acceptors (Lipinski definition) is 3. The van der Waals surface area contributed by atoms with E-state index in [-0.39, 0.29) is 30.8 Å². The summed E-state index contributed by atoms with van der Waals surface area (Å²) in [6.07, 6.45) is 0. The van der Waals surface area contributed by atoms with Crippen LogP contribution in [0.1, 0.15) is 54.1 Å². The number of likely N-dealkylation sites (N-methyl/N-ethyl adjacent to an activating group) is 2. The third kappa shape index (κ3) is 5.07. The Labute approximate surface area is 162 Å². The molecule has 2 rings (SSSR count). The monoisotopic (exact) mass is 369 g/mol. The van der Waals surface area contributed by atoms with Crippen molar-refractivity contribution >= 4 is 11.7 Å². The molecule has 0 aliphatic carbocycles. The molecule has 1 aromatic heterocycles. The first-order valence-corrected chi connectivity index (χ1v) is 9.64. The van der Waals surface area contributed by atoms with E-state index in [1.165, 1.54) is 5.56 Å². The Morgan fingerprint density at radius 1 is 1.11 bits per heavy atom. The molecule has 5 heteroatoms.